The SMILES string of the molecule is Cc1cc(-c2ccccc2)c(C(O)(C(F)(F)F)C(F)(F)F)c(N(C)Cc2ccc(CO)c(CO)c2)c1C. The van der Waals surface area contributed by atoms with Crippen molar-refractivity contribution < 1.29 is 41.7 Å². The fourth-order valence-corrected chi connectivity index (χ4v) is 4.46. The second-order valence-electron chi connectivity index (χ2n) is 8.94. The summed E-state index contributed by atoms with van der Waals surface area (Å²) in [5.41, 5.74) is -5.33. The Kier molecular flexibility index (Phi) is 7.97. The standard InChI is InChI=1S/C27H27F6NO3/c1-16-11-22(19-7-5-4-6-8-19)23(25(37,26(28,29)30)27(31,32)33)24(17(16)2)34(3)13-18-9-10-20(14-35)21(12-18)15-36/h4-12,35-37H,13-15H2,1-3H3. The van der Waals surface area contributed by atoms with Crippen molar-refractivity contribution in [3.63, 3.8) is 0 Å². The average Bonchev–Trinajstić information content (AvgIpc) is 2.83. The van der Waals surface area contributed by atoms with Crippen LogP contribution in [0.4, 0.5) is 32.0 Å². The number of aliphatic hydroxyl groups is 3. The van der Waals surface area contributed by atoms with Crippen molar-refractivity contribution in [1.29, 1.82) is 0 Å². The second kappa shape index (κ2) is 10.4. The van der Waals surface area contributed by atoms with Gasteiger partial charge in [-0.15, -0.1) is 0 Å². The largest absolute Gasteiger partial charge is 0.430 e. The van der Waals surface area contributed by atoms with Crippen LogP contribution in [0.5, 0.6) is 0 Å². The van der Waals surface area contributed by atoms with Crippen molar-refractivity contribution in [2.45, 2.75) is 51.6 Å². The maximum atomic E-state index is 14.2. The third kappa shape index (κ3) is 5.18. The van der Waals surface area contributed by atoms with Crippen molar-refractivity contribution >= 4 is 5.69 Å². The van der Waals surface area contributed by atoms with Crippen LogP contribution in [0.3, 0.4) is 0 Å². The summed E-state index contributed by atoms with van der Waals surface area (Å²) in [6, 6.07) is 13.1. The first-order valence-electron chi connectivity index (χ1n) is 11.3. The summed E-state index contributed by atoms with van der Waals surface area (Å²) in [4.78, 5) is 1.22. The maximum Gasteiger partial charge on any atom is 0.430 e. The number of hydrogen-bond acceptors (Lipinski definition) is 4. The van der Waals surface area contributed by atoms with Crippen LogP contribution in [0.15, 0.2) is 54.6 Å². The van der Waals surface area contributed by atoms with Crippen LogP contribution in [0, 0.1) is 13.8 Å². The molecule has 3 aromatic rings. The summed E-state index contributed by atoms with van der Waals surface area (Å²) < 4.78 is 85.4. The van der Waals surface area contributed by atoms with Crippen molar-refractivity contribution in [3.8, 4) is 11.1 Å². The van der Waals surface area contributed by atoms with Crippen molar-refractivity contribution in [3.05, 3.63) is 88.0 Å². The number of nitrogens with zero attached hydrogens (tertiary/aromatic N) is 1. The van der Waals surface area contributed by atoms with Gasteiger partial charge >= 0.3 is 12.4 Å². The first kappa shape index (κ1) is 28.5. The Balaban J connectivity index is 2.36. The molecule has 200 valence electrons. The Labute approximate surface area is 210 Å². The Bertz CT molecular complexity index is 1240. The smallest absolute Gasteiger partial charge is 0.392 e. The van der Waals surface area contributed by atoms with E-state index >= 15 is 0 Å². The minimum Gasteiger partial charge on any atom is -0.392 e. The van der Waals surface area contributed by atoms with Crippen LogP contribution in [0.25, 0.3) is 11.1 Å². The molecule has 0 bridgehead atoms. The van der Waals surface area contributed by atoms with Gasteiger partial charge in [-0.3, -0.25) is 0 Å². The fourth-order valence-electron chi connectivity index (χ4n) is 4.46. The molecule has 0 atom stereocenters. The minimum absolute atomic E-state index is 0.0806. The lowest BCUT2D eigenvalue weighted by Crippen LogP contribution is -2.55. The number of halogens is 6. The molecule has 0 saturated heterocycles. The fraction of sp³-hybridized carbons (Fsp3) is 0.333. The van der Waals surface area contributed by atoms with Gasteiger partial charge in [0.15, 0.2) is 0 Å². The molecule has 37 heavy (non-hydrogen) atoms. The monoisotopic (exact) mass is 527 g/mol. The number of aryl methyl sites for hydroxylation is 1. The third-order valence-corrected chi connectivity index (χ3v) is 6.49. The molecular formula is C27H27F6NO3. The predicted molar refractivity (Wildman–Crippen MR) is 128 cm³/mol. The first-order chi connectivity index (χ1) is 17.2. The molecule has 0 radical (unpaired) electrons. The highest BCUT2D eigenvalue weighted by atomic mass is 19.4. The number of aliphatic hydroxyl groups excluding tert-OH is 2. The van der Waals surface area contributed by atoms with Crippen LogP contribution in [0.2, 0.25) is 0 Å². The van der Waals surface area contributed by atoms with Crippen LogP contribution >= 0.6 is 0 Å². The van der Waals surface area contributed by atoms with Crippen LogP contribution in [-0.4, -0.2) is 34.7 Å². The highest BCUT2D eigenvalue weighted by molar-refractivity contribution is 5.80. The van der Waals surface area contributed by atoms with Gasteiger partial charge in [0.2, 0.25) is 0 Å². The molecule has 3 rings (SSSR count). The molecule has 0 amide bonds. The van der Waals surface area contributed by atoms with Crippen LogP contribution in [-0.2, 0) is 25.4 Å². The van der Waals surface area contributed by atoms with Crippen molar-refractivity contribution in [2.75, 3.05) is 11.9 Å². The van der Waals surface area contributed by atoms with Gasteiger partial charge in [0.05, 0.1) is 13.2 Å². The van der Waals surface area contributed by atoms with Crippen LogP contribution < -0.4 is 4.90 Å². The first-order valence-corrected chi connectivity index (χ1v) is 11.3. The molecule has 3 aromatic carbocycles. The van der Waals surface area contributed by atoms with Gasteiger partial charge in [0, 0.05) is 24.8 Å². The van der Waals surface area contributed by atoms with Crippen LogP contribution in [0.1, 0.15) is 33.4 Å². The van der Waals surface area contributed by atoms with Crippen molar-refractivity contribution in [1.82, 2.24) is 0 Å². The highest BCUT2D eigenvalue weighted by Crippen LogP contribution is 2.56. The minimum atomic E-state index is -6.08. The number of alkyl halides is 6. The average molecular weight is 528 g/mol. The second-order valence-corrected chi connectivity index (χ2v) is 8.94. The third-order valence-electron chi connectivity index (χ3n) is 6.49. The summed E-state index contributed by atoms with van der Waals surface area (Å²) in [6.07, 6.45) is -12.2. The van der Waals surface area contributed by atoms with Gasteiger partial charge in [-0.05, 0) is 52.8 Å². The summed E-state index contributed by atoms with van der Waals surface area (Å²) in [6.45, 7) is 2.07. The molecule has 10 heteroatoms. The highest BCUT2D eigenvalue weighted by Gasteiger charge is 2.73. The summed E-state index contributed by atoms with van der Waals surface area (Å²) in [5, 5.41) is 29.6. The molecule has 0 aliphatic heterocycles. The van der Waals surface area contributed by atoms with Gasteiger partial charge in [0.25, 0.3) is 5.60 Å². The number of anilines is 1. The van der Waals surface area contributed by atoms with E-state index in [0.29, 0.717) is 22.3 Å². The van der Waals surface area contributed by atoms with Gasteiger partial charge in [-0.25, -0.2) is 0 Å². The van der Waals surface area contributed by atoms with Gasteiger partial charge < -0.3 is 20.2 Å². The van der Waals surface area contributed by atoms with E-state index in [2.05, 4.69) is 0 Å². The Morgan fingerprint density at radius 3 is 1.86 bits per heavy atom. The molecule has 0 spiro atoms. The van der Waals surface area contributed by atoms with E-state index in [4.69, 9.17) is 0 Å². The Hall–Kier alpha value is -3.08. The summed E-state index contributed by atoms with van der Waals surface area (Å²) in [7, 11) is 1.34. The molecule has 0 aliphatic rings. The van der Waals surface area contributed by atoms with E-state index in [1.165, 1.54) is 61.3 Å². The van der Waals surface area contributed by atoms with E-state index in [9.17, 15) is 41.7 Å². The Morgan fingerprint density at radius 1 is 0.784 bits per heavy atom. The molecule has 3 N–H and O–H groups in total. The Morgan fingerprint density at radius 2 is 1.35 bits per heavy atom. The zero-order chi connectivity index (χ0) is 27.8. The predicted octanol–water partition coefficient (Wildman–Crippen LogP) is 5.90. The summed E-state index contributed by atoms with van der Waals surface area (Å²) >= 11 is 0. The van der Waals surface area contributed by atoms with Gasteiger partial charge in [-0.1, -0.05) is 54.6 Å². The number of rotatable bonds is 7. The van der Waals surface area contributed by atoms with E-state index in [0.717, 1.165) is 0 Å². The van der Waals surface area contributed by atoms with E-state index in [-0.39, 0.29) is 24.3 Å². The quantitative estimate of drug-likeness (QED) is 0.335. The molecule has 4 nitrogen and oxygen atoms in total. The zero-order valence-corrected chi connectivity index (χ0v) is 20.4. The lowest BCUT2D eigenvalue weighted by atomic mass is 9.81. The molecule has 0 unspecified atom stereocenters. The number of benzene rings is 3. The summed E-state index contributed by atoms with van der Waals surface area (Å²) in [5.74, 6) is 0. The normalized spacial score (nSPS) is 12.6. The molecule has 0 heterocycles. The molecule has 0 saturated carbocycles. The van der Waals surface area contributed by atoms with E-state index < -0.39 is 41.4 Å². The topological polar surface area (TPSA) is 63.9 Å². The molecule has 0 fully saturated rings. The zero-order valence-electron chi connectivity index (χ0n) is 20.4. The van der Waals surface area contributed by atoms with E-state index in [1.54, 1.807) is 19.1 Å². The van der Waals surface area contributed by atoms with Gasteiger partial charge in [-0.2, -0.15) is 26.3 Å². The number of hydrogen-bond donors (Lipinski definition) is 3. The lowest BCUT2D eigenvalue weighted by Gasteiger charge is -2.38. The molecular weight excluding hydrogens is 500 g/mol. The van der Waals surface area contributed by atoms with Gasteiger partial charge in [0.1, 0.15) is 0 Å². The lowest BCUT2D eigenvalue weighted by molar-refractivity contribution is -0.375. The molecule has 0 aliphatic carbocycles. The van der Waals surface area contributed by atoms with Crippen molar-refractivity contribution in [2.24, 2.45) is 0 Å². The molecule has 0 aromatic heterocycles. The van der Waals surface area contributed by atoms with E-state index in [1.807, 2.05) is 0 Å². The maximum absolute atomic E-state index is 14.2.